The Morgan fingerprint density at radius 2 is 2.03 bits per heavy atom. The number of carbonyl (C=O) groups is 2. The summed E-state index contributed by atoms with van der Waals surface area (Å²) in [6.07, 6.45) is 3.14. The van der Waals surface area contributed by atoms with Crippen molar-refractivity contribution in [1.29, 1.82) is 0 Å². The monoisotopic (exact) mass is 463 g/mol. The first-order valence-corrected chi connectivity index (χ1v) is 11.6. The molecule has 1 unspecified atom stereocenters. The molecule has 34 heavy (non-hydrogen) atoms. The number of nitrogens with zero attached hydrogens (tertiary/aromatic N) is 4. The van der Waals surface area contributed by atoms with Gasteiger partial charge >= 0.3 is 0 Å². The number of halogens is 1. The van der Waals surface area contributed by atoms with E-state index in [4.69, 9.17) is 4.52 Å². The van der Waals surface area contributed by atoms with Crippen LogP contribution in [0.4, 0.5) is 15.8 Å². The van der Waals surface area contributed by atoms with Gasteiger partial charge in [-0.25, -0.2) is 4.39 Å². The van der Waals surface area contributed by atoms with Gasteiger partial charge in [-0.05, 0) is 50.1 Å². The Labute approximate surface area is 196 Å². The fourth-order valence-corrected chi connectivity index (χ4v) is 4.66. The molecule has 8 nitrogen and oxygen atoms in total. The molecule has 3 aromatic rings. The van der Waals surface area contributed by atoms with Crippen molar-refractivity contribution in [2.45, 2.75) is 31.6 Å². The van der Waals surface area contributed by atoms with Crippen LogP contribution < -0.4 is 10.2 Å². The highest BCUT2D eigenvalue weighted by Gasteiger charge is 2.28. The Hall–Kier alpha value is -3.59. The summed E-state index contributed by atoms with van der Waals surface area (Å²) in [5, 5.41) is 6.99. The Balaban J connectivity index is 1.22. The highest BCUT2D eigenvalue weighted by molar-refractivity contribution is 6.02. The summed E-state index contributed by atoms with van der Waals surface area (Å²) in [5.41, 5.74) is 1.95. The third-order valence-corrected chi connectivity index (χ3v) is 6.29. The summed E-state index contributed by atoms with van der Waals surface area (Å²) >= 11 is 0. The molecule has 2 aliphatic heterocycles. The van der Waals surface area contributed by atoms with Gasteiger partial charge in [0, 0.05) is 25.1 Å². The van der Waals surface area contributed by atoms with E-state index in [0.29, 0.717) is 42.5 Å². The predicted octanol–water partition coefficient (Wildman–Crippen LogP) is 3.82. The zero-order valence-electron chi connectivity index (χ0n) is 18.7. The quantitative estimate of drug-likeness (QED) is 0.598. The van der Waals surface area contributed by atoms with Crippen LogP contribution in [0.25, 0.3) is 11.4 Å². The first-order valence-electron chi connectivity index (χ1n) is 11.6. The van der Waals surface area contributed by atoms with Crippen molar-refractivity contribution >= 4 is 23.2 Å². The van der Waals surface area contributed by atoms with Crippen LogP contribution in [0.15, 0.2) is 53.1 Å². The van der Waals surface area contributed by atoms with Crippen molar-refractivity contribution in [3.05, 3.63) is 60.2 Å². The molecule has 1 N–H and O–H groups in total. The maximum Gasteiger partial charge on any atom is 0.238 e. The maximum absolute atomic E-state index is 13.5. The second kappa shape index (κ2) is 9.72. The van der Waals surface area contributed by atoms with Gasteiger partial charge in [-0.1, -0.05) is 29.4 Å². The van der Waals surface area contributed by atoms with Gasteiger partial charge in [-0.2, -0.15) is 4.98 Å². The molecule has 3 heterocycles. The fraction of sp³-hybridized carbons (Fsp3) is 0.360. The van der Waals surface area contributed by atoms with Crippen LogP contribution in [0, 0.1) is 5.82 Å². The molecule has 0 aliphatic carbocycles. The Kier molecular flexibility index (Phi) is 6.35. The summed E-state index contributed by atoms with van der Waals surface area (Å²) in [4.78, 5) is 33.3. The highest BCUT2D eigenvalue weighted by atomic mass is 19.1. The Morgan fingerprint density at radius 3 is 2.85 bits per heavy atom. The minimum Gasteiger partial charge on any atom is -0.339 e. The first kappa shape index (κ1) is 22.2. The molecule has 5 rings (SSSR count). The number of hydrogen-bond donors (Lipinski definition) is 1. The van der Waals surface area contributed by atoms with Gasteiger partial charge in [-0.15, -0.1) is 0 Å². The highest BCUT2D eigenvalue weighted by Crippen LogP contribution is 2.30. The number of amides is 2. The standard InChI is InChI=1S/C25H26FN5O3/c26-19-8-3-6-17(14-19)24-28-25(34-29-24)18-7-4-12-30(15-18)16-22(32)27-20-9-1-2-10-21(20)31-13-5-11-23(31)33/h1-3,6,8-10,14,18H,4-5,7,11-13,15-16H2,(H,27,32). The number of aromatic nitrogens is 2. The van der Waals surface area contributed by atoms with Gasteiger partial charge < -0.3 is 14.7 Å². The third kappa shape index (κ3) is 4.84. The minimum atomic E-state index is -0.352. The van der Waals surface area contributed by atoms with Gasteiger partial charge in [0.25, 0.3) is 0 Å². The molecule has 2 saturated heterocycles. The number of hydrogen-bond acceptors (Lipinski definition) is 6. The minimum absolute atomic E-state index is 0.00543. The Morgan fingerprint density at radius 1 is 1.15 bits per heavy atom. The molecular formula is C25H26FN5O3. The average molecular weight is 464 g/mol. The van der Waals surface area contributed by atoms with E-state index in [-0.39, 0.29) is 30.1 Å². The average Bonchev–Trinajstić information content (AvgIpc) is 3.49. The molecular weight excluding hydrogens is 437 g/mol. The lowest BCUT2D eigenvalue weighted by Crippen LogP contribution is -2.40. The van der Waals surface area contributed by atoms with E-state index in [2.05, 4.69) is 20.4 Å². The van der Waals surface area contributed by atoms with E-state index in [1.807, 2.05) is 24.3 Å². The zero-order valence-corrected chi connectivity index (χ0v) is 18.7. The van der Waals surface area contributed by atoms with Crippen molar-refractivity contribution < 1.29 is 18.5 Å². The molecule has 0 radical (unpaired) electrons. The Bertz CT molecular complexity index is 1200. The molecule has 0 spiro atoms. The topological polar surface area (TPSA) is 91.6 Å². The van der Waals surface area contributed by atoms with Crippen LogP contribution >= 0.6 is 0 Å². The van der Waals surface area contributed by atoms with Crippen LogP contribution in [-0.4, -0.2) is 53.0 Å². The molecule has 176 valence electrons. The van der Waals surface area contributed by atoms with Gasteiger partial charge in [0.15, 0.2) is 0 Å². The van der Waals surface area contributed by atoms with Crippen molar-refractivity contribution in [3.63, 3.8) is 0 Å². The maximum atomic E-state index is 13.5. The van der Waals surface area contributed by atoms with Gasteiger partial charge in [0.1, 0.15) is 5.82 Å². The number of rotatable bonds is 6. The molecule has 2 aliphatic rings. The summed E-state index contributed by atoms with van der Waals surface area (Å²) in [7, 11) is 0. The lowest BCUT2D eigenvalue weighted by molar-refractivity contribution is -0.118. The number of carbonyl (C=O) groups excluding carboxylic acids is 2. The van der Waals surface area contributed by atoms with Crippen LogP contribution in [0.2, 0.25) is 0 Å². The number of piperidine rings is 1. The van der Waals surface area contributed by atoms with Gasteiger partial charge in [0.2, 0.25) is 23.5 Å². The molecule has 1 atom stereocenters. The summed E-state index contributed by atoms with van der Waals surface area (Å²) in [6, 6.07) is 13.5. The lowest BCUT2D eigenvalue weighted by atomic mass is 9.98. The summed E-state index contributed by atoms with van der Waals surface area (Å²) < 4.78 is 19.0. The molecule has 0 saturated carbocycles. The fourth-order valence-electron chi connectivity index (χ4n) is 4.66. The summed E-state index contributed by atoms with van der Waals surface area (Å²) in [6.45, 7) is 2.30. The smallest absolute Gasteiger partial charge is 0.238 e. The van der Waals surface area contributed by atoms with Crippen molar-refractivity contribution in [1.82, 2.24) is 15.0 Å². The molecule has 9 heteroatoms. The number of nitrogens with one attached hydrogen (secondary N) is 1. The molecule has 1 aromatic heterocycles. The van der Waals surface area contributed by atoms with Gasteiger partial charge in [-0.3, -0.25) is 14.5 Å². The molecule has 0 bridgehead atoms. The van der Waals surface area contributed by atoms with Crippen LogP contribution in [-0.2, 0) is 9.59 Å². The SMILES string of the molecule is O=C(CN1CCCC(c2nc(-c3cccc(F)c3)no2)C1)Nc1ccccc1N1CCCC1=O. The van der Waals surface area contributed by atoms with Crippen molar-refractivity contribution in [2.75, 3.05) is 36.4 Å². The third-order valence-electron chi connectivity index (χ3n) is 6.29. The normalized spacial score (nSPS) is 18.9. The van der Waals surface area contributed by atoms with E-state index in [1.54, 1.807) is 17.0 Å². The first-order chi connectivity index (χ1) is 16.6. The number of likely N-dealkylation sites (tertiary alicyclic amines) is 1. The van der Waals surface area contributed by atoms with Gasteiger partial charge in [0.05, 0.1) is 23.8 Å². The van der Waals surface area contributed by atoms with Crippen LogP contribution in [0.3, 0.4) is 0 Å². The molecule has 2 fully saturated rings. The second-order valence-electron chi connectivity index (χ2n) is 8.76. The van der Waals surface area contributed by atoms with E-state index in [0.717, 1.165) is 31.5 Å². The van der Waals surface area contributed by atoms with Crippen LogP contribution in [0.1, 0.15) is 37.5 Å². The number of para-hydroxylation sites is 2. The lowest BCUT2D eigenvalue weighted by Gasteiger charge is -2.30. The predicted molar refractivity (Wildman–Crippen MR) is 125 cm³/mol. The second-order valence-corrected chi connectivity index (χ2v) is 8.76. The van der Waals surface area contributed by atoms with E-state index < -0.39 is 0 Å². The van der Waals surface area contributed by atoms with E-state index >= 15 is 0 Å². The summed E-state index contributed by atoms with van der Waals surface area (Å²) in [5.74, 6) is 0.461. The van der Waals surface area contributed by atoms with Crippen molar-refractivity contribution in [2.24, 2.45) is 0 Å². The zero-order chi connectivity index (χ0) is 23.5. The molecule has 2 amide bonds. The van der Waals surface area contributed by atoms with Crippen LogP contribution in [0.5, 0.6) is 0 Å². The number of anilines is 2. The largest absolute Gasteiger partial charge is 0.339 e. The van der Waals surface area contributed by atoms with E-state index in [1.165, 1.54) is 12.1 Å². The molecule has 2 aromatic carbocycles. The number of benzene rings is 2. The van der Waals surface area contributed by atoms with Crippen molar-refractivity contribution in [3.8, 4) is 11.4 Å². The van der Waals surface area contributed by atoms with E-state index in [9.17, 15) is 14.0 Å².